The van der Waals surface area contributed by atoms with E-state index in [1.54, 1.807) is 39.0 Å². The average Bonchev–Trinajstić information content (AvgIpc) is 2.84. The Morgan fingerprint density at radius 1 is 1.21 bits per heavy atom. The quantitative estimate of drug-likeness (QED) is 0.386. The van der Waals surface area contributed by atoms with Crippen LogP contribution in [0, 0.1) is 0 Å². The Bertz CT molecular complexity index is 832. The monoisotopic (exact) mass is 407 g/mol. The fraction of sp³-hybridized carbons (Fsp3) is 0.368. The number of imide groups is 1. The molecular weight excluding hydrogens is 386 g/mol. The van der Waals surface area contributed by atoms with Crippen molar-refractivity contribution in [1.29, 1.82) is 0 Å². The molecule has 1 aromatic carbocycles. The zero-order chi connectivity index (χ0) is 20.8. The number of ether oxygens (including phenoxy) is 3. The number of nitrogens with zero attached hydrogens (tertiary/aromatic N) is 1. The van der Waals surface area contributed by atoms with Crippen molar-refractivity contribution < 1.29 is 33.4 Å². The molecule has 2 rings (SSSR count). The minimum Gasteiger partial charge on any atom is -0.490 e. The number of carbonyl (C=O) groups excluding carboxylic acids is 4. The maximum absolute atomic E-state index is 12.5. The molecule has 0 aliphatic carbocycles. The molecule has 1 aromatic rings. The van der Waals surface area contributed by atoms with E-state index in [1.165, 1.54) is 13.0 Å². The van der Waals surface area contributed by atoms with E-state index in [4.69, 9.17) is 14.2 Å². The maximum Gasteiger partial charge on any atom is 0.326 e. The van der Waals surface area contributed by atoms with Crippen molar-refractivity contribution in [3.05, 3.63) is 28.7 Å². The molecule has 0 bridgehead atoms. The van der Waals surface area contributed by atoms with E-state index < -0.39 is 29.6 Å². The van der Waals surface area contributed by atoms with Crippen LogP contribution in [0.2, 0.25) is 0 Å². The minimum atomic E-state index is -0.650. The number of benzene rings is 1. The van der Waals surface area contributed by atoms with Gasteiger partial charge in [0.2, 0.25) is 0 Å². The summed E-state index contributed by atoms with van der Waals surface area (Å²) < 4.78 is 15.5. The van der Waals surface area contributed by atoms with Gasteiger partial charge >= 0.3 is 11.9 Å². The van der Waals surface area contributed by atoms with Gasteiger partial charge in [-0.2, -0.15) is 0 Å². The van der Waals surface area contributed by atoms with Crippen LogP contribution in [0.3, 0.4) is 0 Å². The fourth-order valence-corrected chi connectivity index (χ4v) is 3.18. The first-order chi connectivity index (χ1) is 13.2. The van der Waals surface area contributed by atoms with Crippen LogP contribution in [0.25, 0.3) is 6.08 Å². The highest BCUT2D eigenvalue weighted by Gasteiger charge is 2.36. The lowest BCUT2D eigenvalue weighted by atomic mass is 10.2. The summed E-state index contributed by atoms with van der Waals surface area (Å²) in [4.78, 5) is 48.5. The van der Waals surface area contributed by atoms with Gasteiger partial charge in [-0.1, -0.05) is 6.07 Å². The fourth-order valence-electron chi connectivity index (χ4n) is 2.34. The molecule has 0 unspecified atom stereocenters. The van der Waals surface area contributed by atoms with E-state index in [2.05, 4.69) is 0 Å². The van der Waals surface area contributed by atoms with Crippen LogP contribution in [-0.2, 0) is 19.1 Å². The predicted octanol–water partition coefficient (Wildman–Crippen LogP) is 3.00. The number of thioether (sulfide) groups is 1. The smallest absolute Gasteiger partial charge is 0.326 e. The van der Waals surface area contributed by atoms with Crippen LogP contribution in [-0.4, -0.2) is 47.2 Å². The van der Waals surface area contributed by atoms with Gasteiger partial charge in [0.05, 0.1) is 17.6 Å². The molecule has 1 aliphatic rings. The SMILES string of the molecule is CCOc1cc(/C=C2/SC(=O)N(CC(=O)OC(C)C)C2=O)ccc1OC(C)=O. The van der Waals surface area contributed by atoms with Gasteiger partial charge in [0.1, 0.15) is 6.54 Å². The molecule has 150 valence electrons. The Morgan fingerprint density at radius 3 is 2.54 bits per heavy atom. The standard InChI is InChI=1S/C19H21NO7S/c1-5-25-15-8-13(6-7-14(15)27-12(4)21)9-16-18(23)20(19(24)28-16)10-17(22)26-11(2)3/h6-9,11H,5,10H2,1-4H3/b16-9+. The van der Waals surface area contributed by atoms with Crippen LogP contribution in [0.4, 0.5) is 4.79 Å². The summed E-state index contributed by atoms with van der Waals surface area (Å²) in [5, 5.41) is -0.543. The molecule has 1 fully saturated rings. The molecular formula is C19H21NO7S. The zero-order valence-electron chi connectivity index (χ0n) is 16.0. The summed E-state index contributed by atoms with van der Waals surface area (Å²) in [6, 6.07) is 4.77. The van der Waals surface area contributed by atoms with Crippen LogP contribution >= 0.6 is 11.8 Å². The number of hydrogen-bond acceptors (Lipinski definition) is 8. The topological polar surface area (TPSA) is 99.2 Å². The van der Waals surface area contributed by atoms with Crippen molar-refractivity contribution in [2.24, 2.45) is 0 Å². The molecule has 8 nitrogen and oxygen atoms in total. The molecule has 1 heterocycles. The van der Waals surface area contributed by atoms with Gasteiger partial charge in [0.15, 0.2) is 11.5 Å². The van der Waals surface area contributed by atoms with E-state index in [1.807, 2.05) is 0 Å². The highest BCUT2D eigenvalue weighted by molar-refractivity contribution is 8.18. The molecule has 28 heavy (non-hydrogen) atoms. The molecule has 0 N–H and O–H groups in total. The van der Waals surface area contributed by atoms with Crippen molar-refractivity contribution in [1.82, 2.24) is 4.90 Å². The molecule has 9 heteroatoms. The van der Waals surface area contributed by atoms with Crippen LogP contribution in [0.1, 0.15) is 33.3 Å². The lowest BCUT2D eigenvalue weighted by molar-refractivity contribution is -0.149. The third-order valence-electron chi connectivity index (χ3n) is 3.35. The van der Waals surface area contributed by atoms with E-state index in [9.17, 15) is 19.2 Å². The minimum absolute atomic E-state index is 0.171. The Labute approximate surface area is 166 Å². The molecule has 1 aliphatic heterocycles. The van der Waals surface area contributed by atoms with E-state index in [0.29, 0.717) is 17.9 Å². The van der Waals surface area contributed by atoms with E-state index in [-0.39, 0.29) is 16.8 Å². The van der Waals surface area contributed by atoms with Crippen molar-refractivity contribution in [3.63, 3.8) is 0 Å². The van der Waals surface area contributed by atoms with Crippen LogP contribution < -0.4 is 9.47 Å². The van der Waals surface area contributed by atoms with Crippen molar-refractivity contribution in [3.8, 4) is 11.5 Å². The van der Waals surface area contributed by atoms with Crippen molar-refractivity contribution in [2.75, 3.05) is 13.2 Å². The first-order valence-corrected chi connectivity index (χ1v) is 9.43. The number of rotatable bonds is 7. The number of amides is 2. The summed E-state index contributed by atoms with van der Waals surface area (Å²) in [5.41, 5.74) is 0.578. The second-order valence-electron chi connectivity index (χ2n) is 6.04. The van der Waals surface area contributed by atoms with Gasteiger partial charge in [-0.15, -0.1) is 0 Å². The lowest BCUT2D eigenvalue weighted by Gasteiger charge is -2.13. The molecule has 0 aromatic heterocycles. The van der Waals surface area contributed by atoms with Gasteiger partial charge in [-0.25, -0.2) is 0 Å². The van der Waals surface area contributed by atoms with Crippen LogP contribution in [0.15, 0.2) is 23.1 Å². The predicted molar refractivity (Wildman–Crippen MR) is 103 cm³/mol. The summed E-state index contributed by atoms with van der Waals surface area (Å²) in [6.45, 7) is 6.35. The van der Waals surface area contributed by atoms with Gasteiger partial charge in [-0.3, -0.25) is 24.1 Å². The number of hydrogen-bond donors (Lipinski definition) is 0. The third kappa shape index (κ3) is 5.59. The number of esters is 2. The summed E-state index contributed by atoms with van der Waals surface area (Å²) in [6.07, 6.45) is 1.18. The van der Waals surface area contributed by atoms with E-state index >= 15 is 0 Å². The Kier molecular flexibility index (Phi) is 7.22. The first kappa shape index (κ1) is 21.5. The molecule has 0 spiro atoms. The zero-order valence-corrected chi connectivity index (χ0v) is 16.8. The van der Waals surface area contributed by atoms with Gasteiger partial charge < -0.3 is 14.2 Å². The molecule has 0 atom stereocenters. The molecule has 1 saturated heterocycles. The Morgan fingerprint density at radius 2 is 1.93 bits per heavy atom. The maximum atomic E-state index is 12.5. The third-order valence-corrected chi connectivity index (χ3v) is 4.25. The lowest BCUT2D eigenvalue weighted by Crippen LogP contribution is -2.35. The van der Waals surface area contributed by atoms with E-state index in [0.717, 1.165) is 16.7 Å². The summed E-state index contributed by atoms with van der Waals surface area (Å²) in [7, 11) is 0. The average molecular weight is 407 g/mol. The largest absolute Gasteiger partial charge is 0.490 e. The Hall–Kier alpha value is -2.81. The van der Waals surface area contributed by atoms with Gasteiger partial charge in [0, 0.05) is 6.92 Å². The van der Waals surface area contributed by atoms with Crippen LogP contribution in [0.5, 0.6) is 11.5 Å². The molecule has 0 saturated carbocycles. The normalized spacial score (nSPS) is 15.3. The summed E-state index contributed by atoms with van der Waals surface area (Å²) >= 11 is 0.736. The van der Waals surface area contributed by atoms with Crippen molar-refractivity contribution >= 4 is 40.9 Å². The molecule has 0 radical (unpaired) electrons. The first-order valence-electron chi connectivity index (χ1n) is 8.61. The second kappa shape index (κ2) is 9.41. The highest BCUT2D eigenvalue weighted by atomic mass is 32.2. The highest BCUT2D eigenvalue weighted by Crippen LogP contribution is 2.34. The van der Waals surface area contributed by atoms with Crippen molar-refractivity contribution in [2.45, 2.75) is 33.8 Å². The summed E-state index contributed by atoms with van der Waals surface area (Å²) in [5.74, 6) is -1.11. The number of carbonyl (C=O) groups is 4. The second-order valence-corrected chi connectivity index (χ2v) is 7.03. The van der Waals surface area contributed by atoms with Gasteiger partial charge in [0.25, 0.3) is 11.1 Å². The van der Waals surface area contributed by atoms with Gasteiger partial charge in [-0.05, 0) is 56.3 Å². The molecule has 2 amide bonds. The Balaban J connectivity index is 2.21.